The van der Waals surface area contributed by atoms with Crippen LogP contribution in [0.25, 0.3) is 0 Å². The number of pyridine rings is 1. The molecule has 1 aliphatic rings. The Morgan fingerprint density at radius 2 is 2.07 bits per heavy atom. The molecule has 0 radical (unpaired) electrons. The maximum atomic E-state index is 13.5. The van der Waals surface area contributed by atoms with E-state index in [1.807, 2.05) is 0 Å². The second kappa shape index (κ2) is 3.61. The number of hydrogen-bond acceptors (Lipinski definition) is 2. The minimum Gasteiger partial charge on any atom is -0.305 e. The van der Waals surface area contributed by atoms with Crippen molar-refractivity contribution in [3.8, 4) is 0 Å². The molecule has 1 atom stereocenters. The Balaban J connectivity index is 2.24. The quantitative estimate of drug-likeness (QED) is 0.747. The first kappa shape index (κ1) is 9.52. The molecule has 0 aromatic carbocycles. The van der Waals surface area contributed by atoms with Crippen molar-refractivity contribution in [3.05, 3.63) is 30.1 Å². The molecule has 0 aliphatic carbocycles. The van der Waals surface area contributed by atoms with Gasteiger partial charge in [0.15, 0.2) is 0 Å². The first-order chi connectivity index (χ1) is 6.70. The monoisotopic (exact) mass is 198 g/mol. The summed E-state index contributed by atoms with van der Waals surface area (Å²) in [6, 6.07) is 2.42. The fourth-order valence-corrected chi connectivity index (χ4v) is 1.78. The van der Waals surface area contributed by atoms with E-state index in [-0.39, 0.29) is 6.42 Å². The molecular formula is C10H12F2N2. The van der Waals surface area contributed by atoms with E-state index in [1.165, 1.54) is 0 Å². The van der Waals surface area contributed by atoms with Crippen molar-refractivity contribution in [1.29, 1.82) is 0 Å². The van der Waals surface area contributed by atoms with Gasteiger partial charge in [-0.15, -0.1) is 0 Å². The molecule has 1 fully saturated rings. The molecule has 1 N–H and O–H groups in total. The summed E-state index contributed by atoms with van der Waals surface area (Å²) in [4.78, 5) is 3.82. The molecule has 76 valence electrons. The first-order valence-corrected chi connectivity index (χ1v) is 4.71. The lowest BCUT2D eigenvalue weighted by Crippen LogP contribution is -2.42. The van der Waals surface area contributed by atoms with Crippen LogP contribution in [0.15, 0.2) is 24.5 Å². The van der Waals surface area contributed by atoms with Crippen LogP contribution in [-0.2, 0) is 0 Å². The molecule has 1 saturated heterocycles. The molecule has 2 rings (SSSR count). The smallest absolute Gasteiger partial charge is 0.267 e. The number of halogens is 2. The molecule has 1 unspecified atom stereocenters. The summed E-state index contributed by atoms with van der Waals surface area (Å²) in [5.74, 6) is -2.64. The second-order valence-electron chi connectivity index (χ2n) is 3.53. The molecule has 2 heterocycles. The average Bonchev–Trinajstić information content (AvgIpc) is 2.18. The van der Waals surface area contributed by atoms with Crippen LogP contribution in [0.2, 0.25) is 0 Å². The first-order valence-electron chi connectivity index (χ1n) is 4.71. The number of hydrogen-bond donors (Lipinski definition) is 1. The number of piperidine rings is 1. The molecule has 4 heteroatoms. The molecule has 1 aromatic heterocycles. The summed E-state index contributed by atoms with van der Waals surface area (Å²) < 4.78 is 26.9. The minimum atomic E-state index is -2.64. The van der Waals surface area contributed by atoms with Crippen molar-refractivity contribution in [3.63, 3.8) is 0 Å². The van der Waals surface area contributed by atoms with Gasteiger partial charge in [0, 0.05) is 18.8 Å². The highest BCUT2D eigenvalue weighted by Gasteiger charge is 2.42. The Morgan fingerprint density at radius 3 is 2.71 bits per heavy atom. The van der Waals surface area contributed by atoms with Crippen molar-refractivity contribution in [2.75, 3.05) is 6.54 Å². The third kappa shape index (κ3) is 1.75. The van der Waals surface area contributed by atoms with Crippen molar-refractivity contribution < 1.29 is 8.78 Å². The zero-order chi connectivity index (χ0) is 10.0. The summed E-state index contributed by atoms with van der Waals surface area (Å²) in [5, 5.41) is 2.85. The lowest BCUT2D eigenvalue weighted by Gasteiger charge is -2.32. The number of rotatable bonds is 1. The van der Waals surface area contributed by atoms with E-state index in [9.17, 15) is 8.78 Å². The van der Waals surface area contributed by atoms with Crippen molar-refractivity contribution >= 4 is 0 Å². The van der Waals surface area contributed by atoms with Crippen LogP contribution in [0.3, 0.4) is 0 Å². The fourth-order valence-electron chi connectivity index (χ4n) is 1.78. The van der Waals surface area contributed by atoms with Crippen LogP contribution >= 0.6 is 0 Å². The highest BCUT2D eigenvalue weighted by molar-refractivity contribution is 5.18. The Bertz CT molecular complexity index is 300. The van der Waals surface area contributed by atoms with E-state index >= 15 is 0 Å². The lowest BCUT2D eigenvalue weighted by molar-refractivity contribution is -0.0620. The predicted molar refractivity (Wildman–Crippen MR) is 49.2 cm³/mol. The largest absolute Gasteiger partial charge is 0.305 e. The average molecular weight is 198 g/mol. The molecule has 1 aliphatic heterocycles. The van der Waals surface area contributed by atoms with Gasteiger partial charge in [-0.25, -0.2) is 8.78 Å². The predicted octanol–water partition coefficient (Wildman–Crippen LogP) is 2.14. The van der Waals surface area contributed by atoms with Crippen LogP contribution in [0.5, 0.6) is 0 Å². The summed E-state index contributed by atoms with van der Waals surface area (Å²) in [5.41, 5.74) is 0.615. The summed E-state index contributed by atoms with van der Waals surface area (Å²) >= 11 is 0. The van der Waals surface area contributed by atoms with Crippen LogP contribution < -0.4 is 5.32 Å². The summed E-state index contributed by atoms with van der Waals surface area (Å²) in [7, 11) is 0. The Hall–Kier alpha value is -1.03. The SMILES string of the molecule is FC1(F)CCCNC1c1ccncc1. The number of nitrogens with zero attached hydrogens (tertiary/aromatic N) is 1. The molecule has 14 heavy (non-hydrogen) atoms. The third-order valence-electron chi connectivity index (χ3n) is 2.50. The number of alkyl halides is 2. The van der Waals surface area contributed by atoms with Gasteiger partial charge < -0.3 is 5.32 Å². The van der Waals surface area contributed by atoms with E-state index < -0.39 is 12.0 Å². The normalized spacial score (nSPS) is 26.0. The van der Waals surface area contributed by atoms with E-state index in [0.29, 0.717) is 18.5 Å². The molecular weight excluding hydrogens is 186 g/mol. The molecule has 0 bridgehead atoms. The number of aromatic nitrogens is 1. The standard InChI is InChI=1S/C10H12F2N2/c11-10(12)4-1-5-14-9(10)8-2-6-13-7-3-8/h2-3,6-7,9,14H,1,4-5H2. The highest BCUT2D eigenvalue weighted by atomic mass is 19.3. The zero-order valence-corrected chi connectivity index (χ0v) is 7.71. The van der Waals surface area contributed by atoms with Gasteiger partial charge >= 0.3 is 0 Å². The number of nitrogens with one attached hydrogen (secondary N) is 1. The highest BCUT2D eigenvalue weighted by Crippen LogP contribution is 2.37. The van der Waals surface area contributed by atoms with Crippen LogP contribution in [0.1, 0.15) is 24.4 Å². The molecule has 1 aromatic rings. The van der Waals surface area contributed by atoms with Crippen LogP contribution in [0.4, 0.5) is 8.78 Å². The fraction of sp³-hybridized carbons (Fsp3) is 0.500. The van der Waals surface area contributed by atoms with Gasteiger partial charge in [0.25, 0.3) is 5.92 Å². The Morgan fingerprint density at radius 1 is 1.36 bits per heavy atom. The van der Waals surface area contributed by atoms with Gasteiger partial charge in [-0.2, -0.15) is 0 Å². The molecule has 0 saturated carbocycles. The molecule has 0 spiro atoms. The Kier molecular flexibility index (Phi) is 2.46. The van der Waals surface area contributed by atoms with E-state index in [1.54, 1.807) is 24.5 Å². The minimum absolute atomic E-state index is 0.0347. The second-order valence-corrected chi connectivity index (χ2v) is 3.53. The van der Waals surface area contributed by atoms with E-state index in [2.05, 4.69) is 10.3 Å². The zero-order valence-electron chi connectivity index (χ0n) is 7.71. The van der Waals surface area contributed by atoms with Gasteiger partial charge in [-0.3, -0.25) is 4.98 Å². The lowest BCUT2D eigenvalue weighted by atomic mass is 9.94. The topological polar surface area (TPSA) is 24.9 Å². The van der Waals surface area contributed by atoms with Gasteiger partial charge in [-0.1, -0.05) is 0 Å². The summed E-state index contributed by atoms with van der Waals surface area (Å²) in [6.07, 6.45) is 3.59. The van der Waals surface area contributed by atoms with Gasteiger partial charge in [0.1, 0.15) is 0 Å². The van der Waals surface area contributed by atoms with Crippen LogP contribution in [0, 0.1) is 0 Å². The van der Waals surface area contributed by atoms with Crippen molar-refractivity contribution in [1.82, 2.24) is 10.3 Å². The van der Waals surface area contributed by atoms with Crippen LogP contribution in [-0.4, -0.2) is 17.5 Å². The molecule has 0 amide bonds. The van der Waals surface area contributed by atoms with Gasteiger partial charge in [0.2, 0.25) is 0 Å². The van der Waals surface area contributed by atoms with Crippen molar-refractivity contribution in [2.45, 2.75) is 24.8 Å². The summed E-state index contributed by atoms with van der Waals surface area (Å²) in [6.45, 7) is 0.655. The van der Waals surface area contributed by atoms with Crippen molar-refractivity contribution in [2.24, 2.45) is 0 Å². The van der Waals surface area contributed by atoms with E-state index in [4.69, 9.17) is 0 Å². The maximum absolute atomic E-state index is 13.5. The molecule has 2 nitrogen and oxygen atoms in total. The maximum Gasteiger partial charge on any atom is 0.267 e. The van der Waals surface area contributed by atoms with Gasteiger partial charge in [0.05, 0.1) is 6.04 Å². The third-order valence-corrected chi connectivity index (χ3v) is 2.50. The van der Waals surface area contributed by atoms with E-state index in [0.717, 1.165) is 0 Å². The Labute approximate surface area is 81.4 Å². The van der Waals surface area contributed by atoms with Gasteiger partial charge in [-0.05, 0) is 30.7 Å².